The van der Waals surface area contributed by atoms with Crippen molar-refractivity contribution in [3.8, 4) is 6.07 Å². The zero-order valence-electron chi connectivity index (χ0n) is 9.90. The lowest BCUT2D eigenvalue weighted by Gasteiger charge is -2.28. The Bertz CT molecular complexity index is 483. The summed E-state index contributed by atoms with van der Waals surface area (Å²) in [5.74, 6) is -0.508. The molecule has 1 aromatic rings. The Hall–Kier alpha value is -2.09. The summed E-state index contributed by atoms with van der Waals surface area (Å²) in [6, 6.07) is 7.59. The zero-order valence-corrected chi connectivity index (χ0v) is 9.90. The summed E-state index contributed by atoms with van der Waals surface area (Å²) in [6.45, 7) is 1.22. The molecule has 1 aliphatic heterocycles. The van der Waals surface area contributed by atoms with Crippen molar-refractivity contribution in [3.63, 3.8) is 0 Å². The van der Waals surface area contributed by atoms with E-state index in [2.05, 4.69) is 5.32 Å². The van der Waals surface area contributed by atoms with Crippen molar-refractivity contribution in [2.75, 3.05) is 18.0 Å². The monoisotopic (exact) mass is 247 g/mol. The van der Waals surface area contributed by atoms with Gasteiger partial charge in [-0.1, -0.05) is 6.07 Å². The summed E-state index contributed by atoms with van der Waals surface area (Å²) < 4.78 is 13.2. The van der Waals surface area contributed by atoms with Gasteiger partial charge in [-0.15, -0.1) is 0 Å². The number of nitrogens with zero attached hydrogens (tertiary/aromatic N) is 2. The SMILES string of the molecule is N#CCC1C(=O)NCCCN1c1cccc(F)c1. The minimum Gasteiger partial charge on any atom is -0.359 e. The molecule has 0 saturated carbocycles. The molecule has 0 aromatic heterocycles. The number of carbonyl (C=O) groups is 1. The fourth-order valence-corrected chi connectivity index (χ4v) is 2.13. The van der Waals surface area contributed by atoms with Crippen molar-refractivity contribution in [3.05, 3.63) is 30.1 Å². The number of halogens is 1. The van der Waals surface area contributed by atoms with Gasteiger partial charge in [-0.25, -0.2) is 4.39 Å². The summed E-state index contributed by atoms with van der Waals surface area (Å²) in [5, 5.41) is 11.6. The Morgan fingerprint density at radius 1 is 1.56 bits per heavy atom. The van der Waals surface area contributed by atoms with E-state index >= 15 is 0 Å². The molecule has 1 aromatic carbocycles. The second-order valence-corrected chi connectivity index (χ2v) is 4.20. The van der Waals surface area contributed by atoms with E-state index in [9.17, 15) is 9.18 Å². The summed E-state index contributed by atoms with van der Waals surface area (Å²) in [7, 11) is 0. The Morgan fingerprint density at radius 2 is 2.39 bits per heavy atom. The predicted octanol–water partition coefficient (Wildman–Crippen LogP) is 1.43. The van der Waals surface area contributed by atoms with Gasteiger partial charge in [0.1, 0.15) is 11.9 Å². The van der Waals surface area contributed by atoms with Gasteiger partial charge in [0.2, 0.25) is 5.91 Å². The first kappa shape index (κ1) is 12.4. The van der Waals surface area contributed by atoms with Crippen LogP contribution in [-0.4, -0.2) is 25.0 Å². The molecule has 1 heterocycles. The maximum atomic E-state index is 13.2. The summed E-state index contributed by atoms with van der Waals surface area (Å²) in [4.78, 5) is 13.7. The molecule has 18 heavy (non-hydrogen) atoms. The number of hydrogen-bond acceptors (Lipinski definition) is 3. The van der Waals surface area contributed by atoms with Crippen molar-refractivity contribution in [1.82, 2.24) is 5.32 Å². The molecule has 1 atom stereocenters. The molecule has 2 rings (SSSR count). The van der Waals surface area contributed by atoms with Crippen LogP contribution < -0.4 is 10.2 Å². The highest BCUT2D eigenvalue weighted by molar-refractivity contribution is 5.86. The van der Waals surface area contributed by atoms with Crippen LogP contribution in [0.3, 0.4) is 0 Å². The topological polar surface area (TPSA) is 56.1 Å². The van der Waals surface area contributed by atoms with Crippen molar-refractivity contribution in [2.24, 2.45) is 0 Å². The Kier molecular flexibility index (Phi) is 3.78. The molecule has 1 N–H and O–H groups in total. The fraction of sp³-hybridized carbons (Fsp3) is 0.385. The van der Waals surface area contributed by atoms with E-state index in [1.165, 1.54) is 12.1 Å². The van der Waals surface area contributed by atoms with Crippen molar-refractivity contribution in [1.29, 1.82) is 5.26 Å². The van der Waals surface area contributed by atoms with Crippen LogP contribution >= 0.6 is 0 Å². The molecule has 1 fully saturated rings. The average molecular weight is 247 g/mol. The van der Waals surface area contributed by atoms with Crippen LogP contribution in [0.2, 0.25) is 0 Å². The standard InChI is InChI=1S/C13H14FN3O/c14-10-3-1-4-11(9-10)17-8-2-7-16-13(18)12(17)5-6-15/h1,3-4,9,12H,2,5,7-8H2,(H,16,18). The summed E-state index contributed by atoms with van der Waals surface area (Å²) >= 11 is 0. The first-order chi connectivity index (χ1) is 8.72. The number of rotatable bonds is 2. The molecule has 0 spiro atoms. The predicted molar refractivity (Wildman–Crippen MR) is 65.4 cm³/mol. The lowest BCUT2D eigenvalue weighted by atomic mass is 10.1. The van der Waals surface area contributed by atoms with Crippen LogP contribution in [0.25, 0.3) is 0 Å². The first-order valence-corrected chi connectivity index (χ1v) is 5.89. The third kappa shape index (κ3) is 2.59. The van der Waals surface area contributed by atoms with Crippen LogP contribution in [0.5, 0.6) is 0 Å². The van der Waals surface area contributed by atoms with Crippen molar-refractivity contribution in [2.45, 2.75) is 18.9 Å². The molecule has 5 heteroatoms. The van der Waals surface area contributed by atoms with E-state index in [4.69, 9.17) is 5.26 Å². The number of nitrogens with one attached hydrogen (secondary N) is 1. The largest absolute Gasteiger partial charge is 0.359 e. The third-order valence-electron chi connectivity index (χ3n) is 2.98. The van der Waals surface area contributed by atoms with E-state index in [1.807, 2.05) is 6.07 Å². The molecule has 0 radical (unpaired) electrons. The smallest absolute Gasteiger partial charge is 0.243 e. The molecule has 1 unspecified atom stereocenters. The molecule has 1 amide bonds. The van der Waals surface area contributed by atoms with Crippen LogP contribution in [0.1, 0.15) is 12.8 Å². The molecule has 4 nitrogen and oxygen atoms in total. The number of nitriles is 1. The summed E-state index contributed by atoms with van der Waals surface area (Å²) in [6.07, 6.45) is 0.881. The fourth-order valence-electron chi connectivity index (χ4n) is 2.13. The second-order valence-electron chi connectivity index (χ2n) is 4.20. The van der Waals surface area contributed by atoms with Gasteiger partial charge in [-0.05, 0) is 24.6 Å². The number of carbonyl (C=O) groups excluding carboxylic acids is 1. The van der Waals surface area contributed by atoms with Gasteiger partial charge in [0.25, 0.3) is 0 Å². The Labute approximate surface area is 105 Å². The van der Waals surface area contributed by atoms with Crippen LogP contribution in [0.15, 0.2) is 24.3 Å². The molecular weight excluding hydrogens is 233 g/mol. The number of anilines is 1. The normalized spacial score (nSPS) is 19.9. The van der Waals surface area contributed by atoms with E-state index in [0.717, 1.165) is 6.42 Å². The van der Waals surface area contributed by atoms with E-state index < -0.39 is 6.04 Å². The maximum absolute atomic E-state index is 13.2. The van der Waals surface area contributed by atoms with E-state index in [-0.39, 0.29) is 18.1 Å². The summed E-state index contributed by atoms with van der Waals surface area (Å²) in [5.41, 5.74) is 0.646. The minimum atomic E-state index is -0.542. The molecule has 1 aliphatic rings. The molecule has 94 valence electrons. The van der Waals surface area contributed by atoms with Gasteiger partial charge in [0.15, 0.2) is 0 Å². The number of hydrogen-bond donors (Lipinski definition) is 1. The highest BCUT2D eigenvalue weighted by Gasteiger charge is 2.28. The number of amides is 1. The quantitative estimate of drug-likeness (QED) is 0.860. The van der Waals surface area contributed by atoms with Crippen LogP contribution in [-0.2, 0) is 4.79 Å². The highest BCUT2D eigenvalue weighted by Crippen LogP contribution is 2.21. The molecule has 0 aliphatic carbocycles. The molecule has 0 bridgehead atoms. The first-order valence-electron chi connectivity index (χ1n) is 5.89. The lowest BCUT2D eigenvalue weighted by molar-refractivity contribution is -0.121. The van der Waals surface area contributed by atoms with E-state index in [1.54, 1.807) is 17.0 Å². The third-order valence-corrected chi connectivity index (χ3v) is 2.98. The van der Waals surface area contributed by atoms with Gasteiger partial charge in [0.05, 0.1) is 12.5 Å². The average Bonchev–Trinajstić information content (AvgIpc) is 2.53. The minimum absolute atomic E-state index is 0.0996. The van der Waals surface area contributed by atoms with Crippen LogP contribution in [0.4, 0.5) is 10.1 Å². The second kappa shape index (κ2) is 5.50. The maximum Gasteiger partial charge on any atom is 0.243 e. The lowest BCUT2D eigenvalue weighted by Crippen LogP contribution is -2.44. The molecule has 1 saturated heterocycles. The van der Waals surface area contributed by atoms with Gasteiger partial charge >= 0.3 is 0 Å². The van der Waals surface area contributed by atoms with Gasteiger partial charge in [-0.3, -0.25) is 4.79 Å². The zero-order chi connectivity index (χ0) is 13.0. The van der Waals surface area contributed by atoms with Crippen molar-refractivity contribution < 1.29 is 9.18 Å². The van der Waals surface area contributed by atoms with Crippen LogP contribution in [0, 0.1) is 17.1 Å². The van der Waals surface area contributed by atoms with Crippen molar-refractivity contribution >= 4 is 11.6 Å². The molecular formula is C13H14FN3O. The van der Waals surface area contributed by atoms with Gasteiger partial charge in [-0.2, -0.15) is 5.26 Å². The van der Waals surface area contributed by atoms with Gasteiger partial charge in [0, 0.05) is 18.8 Å². The number of benzene rings is 1. The Balaban J connectivity index is 2.32. The van der Waals surface area contributed by atoms with Gasteiger partial charge < -0.3 is 10.2 Å². The highest BCUT2D eigenvalue weighted by atomic mass is 19.1. The Morgan fingerprint density at radius 3 is 3.11 bits per heavy atom. The van der Waals surface area contributed by atoms with E-state index in [0.29, 0.717) is 18.8 Å².